The van der Waals surface area contributed by atoms with Gasteiger partial charge in [0.1, 0.15) is 0 Å². The number of hydrogen-bond donors (Lipinski definition) is 1. The maximum atomic E-state index is 12.8. The number of pyridine rings is 1. The summed E-state index contributed by atoms with van der Waals surface area (Å²) in [6.45, 7) is 1.90. The van der Waals surface area contributed by atoms with E-state index in [1.165, 1.54) is 0 Å². The highest BCUT2D eigenvalue weighted by Gasteiger charge is 2.31. The molecule has 126 valence electrons. The summed E-state index contributed by atoms with van der Waals surface area (Å²) in [6, 6.07) is 8.42. The Bertz CT molecular complexity index is 884. The van der Waals surface area contributed by atoms with E-state index in [1.54, 1.807) is 4.57 Å². The average molecular weight is 354 g/mol. The molecular formula is C17H15ClF3N3. The minimum Gasteiger partial charge on any atom is -0.328 e. The molecule has 1 aromatic carbocycles. The van der Waals surface area contributed by atoms with Gasteiger partial charge in [0.15, 0.2) is 5.82 Å². The molecule has 24 heavy (non-hydrogen) atoms. The first-order chi connectivity index (χ1) is 11.3. The van der Waals surface area contributed by atoms with Crippen molar-refractivity contribution in [1.29, 1.82) is 0 Å². The Morgan fingerprint density at radius 2 is 2.00 bits per heavy atom. The third kappa shape index (κ3) is 3.12. The second-order valence-corrected chi connectivity index (χ2v) is 6.16. The standard InChI is InChI=1S/C17H15ClF3N3/c1-10(22)6-11-9-24(15-5-3-2-4-13(11)15)16-14(18)7-12(8-23-16)17(19,20)21/h2-5,7-10H,6,22H2,1H3. The summed E-state index contributed by atoms with van der Waals surface area (Å²) < 4.78 is 40.1. The van der Waals surface area contributed by atoms with E-state index < -0.39 is 11.7 Å². The zero-order valence-corrected chi connectivity index (χ0v) is 13.6. The highest BCUT2D eigenvalue weighted by atomic mass is 35.5. The van der Waals surface area contributed by atoms with Crippen molar-refractivity contribution < 1.29 is 13.2 Å². The fourth-order valence-corrected chi connectivity index (χ4v) is 2.96. The summed E-state index contributed by atoms with van der Waals surface area (Å²) in [5, 5.41) is 0.922. The SMILES string of the molecule is CC(N)Cc1cn(-c2ncc(C(F)(F)F)cc2Cl)c2ccccc12. The van der Waals surface area contributed by atoms with Crippen LogP contribution in [0, 0.1) is 0 Å². The maximum absolute atomic E-state index is 12.8. The van der Waals surface area contributed by atoms with Crippen LogP contribution in [0.3, 0.4) is 0 Å². The molecule has 0 fully saturated rings. The molecule has 3 rings (SSSR count). The van der Waals surface area contributed by atoms with E-state index in [9.17, 15) is 13.2 Å². The van der Waals surface area contributed by atoms with Gasteiger partial charge in [-0.2, -0.15) is 13.2 Å². The van der Waals surface area contributed by atoms with Crippen LogP contribution in [0.4, 0.5) is 13.2 Å². The molecule has 0 spiro atoms. The summed E-state index contributed by atoms with van der Waals surface area (Å²) in [4.78, 5) is 3.94. The second-order valence-electron chi connectivity index (χ2n) is 5.75. The molecule has 2 aromatic heterocycles. The molecule has 2 heterocycles. The van der Waals surface area contributed by atoms with Crippen molar-refractivity contribution in [3.63, 3.8) is 0 Å². The molecule has 0 aliphatic carbocycles. The third-order valence-corrected chi connectivity index (χ3v) is 3.99. The van der Waals surface area contributed by atoms with Crippen LogP contribution in [0.2, 0.25) is 5.02 Å². The number of para-hydroxylation sites is 1. The van der Waals surface area contributed by atoms with Crippen molar-refractivity contribution >= 4 is 22.5 Å². The van der Waals surface area contributed by atoms with Crippen LogP contribution in [0.25, 0.3) is 16.7 Å². The van der Waals surface area contributed by atoms with Gasteiger partial charge < -0.3 is 5.73 Å². The maximum Gasteiger partial charge on any atom is 0.417 e. The summed E-state index contributed by atoms with van der Waals surface area (Å²) in [6.07, 6.45) is -1.21. The van der Waals surface area contributed by atoms with Crippen molar-refractivity contribution in [3.05, 3.63) is 58.9 Å². The number of nitrogens with zero attached hydrogens (tertiary/aromatic N) is 2. The Hall–Kier alpha value is -2.05. The number of halogens is 4. The average Bonchev–Trinajstić information content (AvgIpc) is 2.84. The zero-order chi connectivity index (χ0) is 17.5. The molecule has 7 heteroatoms. The monoisotopic (exact) mass is 353 g/mol. The van der Waals surface area contributed by atoms with E-state index in [1.807, 2.05) is 37.4 Å². The van der Waals surface area contributed by atoms with E-state index in [0.29, 0.717) is 6.42 Å². The Morgan fingerprint density at radius 3 is 2.62 bits per heavy atom. The summed E-state index contributed by atoms with van der Waals surface area (Å²) >= 11 is 6.08. The van der Waals surface area contributed by atoms with Gasteiger partial charge in [-0.25, -0.2) is 4.98 Å². The number of hydrogen-bond acceptors (Lipinski definition) is 2. The van der Waals surface area contributed by atoms with Gasteiger partial charge in [-0.3, -0.25) is 4.57 Å². The number of fused-ring (bicyclic) bond motifs is 1. The zero-order valence-electron chi connectivity index (χ0n) is 12.8. The van der Waals surface area contributed by atoms with Gasteiger partial charge in [0.05, 0.1) is 16.1 Å². The normalized spacial score (nSPS) is 13.4. The van der Waals surface area contributed by atoms with Crippen molar-refractivity contribution in [3.8, 4) is 5.82 Å². The smallest absolute Gasteiger partial charge is 0.328 e. The van der Waals surface area contributed by atoms with Gasteiger partial charge >= 0.3 is 6.18 Å². The lowest BCUT2D eigenvalue weighted by atomic mass is 10.1. The fraction of sp³-hybridized carbons (Fsp3) is 0.235. The van der Waals surface area contributed by atoms with Crippen LogP contribution >= 0.6 is 11.6 Å². The Labute approximate surface area is 141 Å². The molecular weight excluding hydrogens is 339 g/mol. The van der Waals surface area contributed by atoms with Crippen LogP contribution in [-0.2, 0) is 12.6 Å². The Balaban J connectivity index is 2.16. The number of rotatable bonds is 3. The fourth-order valence-electron chi connectivity index (χ4n) is 2.70. The lowest BCUT2D eigenvalue weighted by Gasteiger charge is -2.10. The molecule has 3 aromatic rings. The van der Waals surface area contributed by atoms with E-state index >= 15 is 0 Å². The van der Waals surface area contributed by atoms with Crippen LogP contribution in [0.5, 0.6) is 0 Å². The molecule has 0 aliphatic rings. The molecule has 0 radical (unpaired) electrons. The lowest BCUT2D eigenvalue weighted by Crippen LogP contribution is -2.17. The molecule has 0 aliphatic heterocycles. The highest BCUT2D eigenvalue weighted by Crippen LogP contribution is 2.33. The van der Waals surface area contributed by atoms with Gasteiger partial charge in [-0.15, -0.1) is 0 Å². The van der Waals surface area contributed by atoms with Crippen LogP contribution < -0.4 is 5.73 Å². The summed E-state index contributed by atoms with van der Waals surface area (Å²) in [5.74, 6) is 0.261. The number of alkyl halides is 3. The Morgan fingerprint density at radius 1 is 1.29 bits per heavy atom. The van der Waals surface area contributed by atoms with Gasteiger partial charge in [0, 0.05) is 23.8 Å². The molecule has 0 bridgehead atoms. The molecule has 0 saturated heterocycles. The van der Waals surface area contributed by atoms with Crippen molar-refractivity contribution in [2.24, 2.45) is 5.73 Å². The van der Waals surface area contributed by atoms with Crippen molar-refractivity contribution in [1.82, 2.24) is 9.55 Å². The highest BCUT2D eigenvalue weighted by molar-refractivity contribution is 6.32. The van der Waals surface area contributed by atoms with Gasteiger partial charge in [-0.05, 0) is 31.0 Å². The van der Waals surface area contributed by atoms with Crippen molar-refractivity contribution in [2.45, 2.75) is 25.6 Å². The summed E-state index contributed by atoms with van der Waals surface area (Å²) in [5.41, 5.74) is 6.83. The van der Waals surface area contributed by atoms with Gasteiger partial charge in [-0.1, -0.05) is 29.8 Å². The number of nitrogens with two attached hydrogens (primary N) is 1. The largest absolute Gasteiger partial charge is 0.417 e. The first-order valence-corrected chi connectivity index (χ1v) is 7.73. The minimum absolute atomic E-state index is 0.0414. The van der Waals surface area contributed by atoms with Crippen LogP contribution in [0.1, 0.15) is 18.1 Å². The third-order valence-electron chi connectivity index (χ3n) is 3.71. The number of benzene rings is 1. The van der Waals surface area contributed by atoms with Crippen LogP contribution in [0.15, 0.2) is 42.7 Å². The first kappa shape index (κ1) is 16.8. The van der Waals surface area contributed by atoms with E-state index in [-0.39, 0.29) is 16.9 Å². The molecule has 0 saturated carbocycles. The van der Waals surface area contributed by atoms with Crippen LogP contribution in [-0.4, -0.2) is 15.6 Å². The van der Waals surface area contributed by atoms with E-state index in [4.69, 9.17) is 17.3 Å². The molecule has 1 atom stereocenters. The van der Waals surface area contributed by atoms with Crippen molar-refractivity contribution in [2.75, 3.05) is 0 Å². The molecule has 2 N–H and O–H groups in total. The minimum atomic E-state index is -4.48. The molecule has 0 amide bonds. The lowest BCUT2D eigenvalue weighted by molar-refractivity contribution is -0.137. The van der Waals surface area contributed by atoms with Gasteiger partial charge in [0.2, 0.25) is 0 Å². The topological polar surface area (TPSA) is 43.8 Å². The first-order valence-electron chi connectivity index (χ1n) is 7.35. The number of aromatic nitrogens is 2. The predicted molar refractivity (Wildman–Crippen MR) is 88.4 cm³/mol. The molecule has 3 nitrogen and oxygen atoms in total. The van der Waals surface area contributed by atoms with E-state index in [2.05, 4.69) is 4.98 Å². The van der Waals surface area contributed by atoms with E-state index in [0.717, 1.165) is 28.7 Å². The Kier molecular flexibility index (Phi) is 4.27. The second kappa shape index (κ2) is 6.11. The van der Waals surface area contributed by atoms with Gasteiger partial charge in [0.25, 0.3) is 0 Å². The molecule has 1 unspecified atom stereocenters. The predicted octanol–water partition coefficient (Wildman–Crippen LogP) is 4.59. The quantitative estimate of drug-likeness (QED) is 0.748. The summed E-state index contributed by atoms with van der Waals surface area (Å²) in [7, 11) is 0.